The predicted octanol–water partition coefficient (Wildman–Crippen LogP) is -3.46. The second-order valence-electron chi connectivity index (χ2n) is 4.49. The van der Waals surface area contributed by atoms with Crippen LogP contribution in [0.4, 0.5) is 0 Å². The predicted molar refractivity (Wildman–Crippen MR) is 62.8 cm³/mol. The van der Waals surface area contributed by atoms with Crippen molar-refractivity contribution < 1.29 is 33.8 Å². The Kier molecular flexibility index (Phi) is 3.61. The Bertz CT molecular complexity index is 798. The monoisotopic (exact) mass is 332 g/mol. The van der Waals surface area contributed by atoms with E-state index in [0.29, 0.717) is 0 Å². The summed E-state index contributed by atoms with van der Waals surface area (Å²) in [6.07, 6.45) is -4.48. The number of aliphatic hydroxyl groups is 2. The van der Waals surface area contributed by atoms with Crippen LogP contribution in [0.1, 0.15) is 6.23 Å². The zero-order valence-corrected chi connectivity index (χ0v) is 11.5. The van der Waals surface area contributed by atoms with Crippen molar-refractivity contribution in [1.82, 2.24) is 19.7 Å². The standard InChI is InChI=1S/C9H11N4O8P/c14-4-5(15)9(21-22(17,18)19)20-8(4)13-6-3(1-12-13)7(16)11-2-10-6/h1-2,4-5,8-9,14-15H,(H,10,11,16)(H2,17,18,19)/p-2/t4-,5+,8?,9-/m1/s1. The molecule has 1 aliphatic heterocycles. The van der Waals surface area contributed by atoms with Gasteiger partial charge in [0.1, 0.15) is 17.6 Å². The summed E-state index contributed by atoms with van der Waals surface area (Å²) >= 11 is 0. The Balaban J connectivity index is 1.96. The normalized spacial score (nSPS) is 29.3. The molecular weight excluding hydrogens is 323 g/mol. The molecule has 1 saturated heterocycles. The van der Waals surface area contributed by atoms with Gasteiger partial charge in [0, 0.05) is 0 Å². The van der Waals surface area contributed by atoms with Crippen LogP contribution in [0.3, 0.4) is 0 Å². The van der Waals surface area contributed by atoms with E-state index in [2.05, 4.69) is 19.6 Å². The number of aromatic amines is 1. The molecular formula is C9H9N4O8P-2. The molecule has 13 heteroatoms. The lowest BCUT2D eigenvalue weighted by Gasteiger charge is -2.32. The van der Waals surface area contributed by atoms with E-state index in [4.69, 9.17) is 4.74 Å². The number of nitrogens with zero attached hydrogens (tertiary/aromatic N) is 3. The average Bonchev–Trinajstić information content (AvgIpc) is 2.95. The second-order valence-corrected chi connectivity index (χ2v) is 5.59. The van der Waals surface area contributed by atoms with Gasteiger partial charge in [-0.1, -0.05) is 0 Å². The summed E-state index contributed by atoms with van der Waals surface area (Å²) in [5, 5.41) is 23.5. The van der Waals surface area contributed by atoms with Crippen LogP contribution in [0, 0.1) is 0 Å². The Morgan fingerprint density at radius 3 is 2.82 bits per heavy atom. The molecule has 1 fully saturated rings. The number of nitrogens with one attached hydrogen (secondary N) is 1. The third-order valence-corrected chi connectivity index (χ3v) is 3.53. The third-order valence-electron chi connectivity index (χ3n) is 3.06. The number of hydrogen-bond donors (Lipinski definition) is 3. The van der Waals surface area contributed by atoms with E-state index in [0.717, 1.165) is 17.2 Å². The van der Waals surface area contributed by atoms with Gasteiger partial charge < -0.3 is 38.8 Å². The van der Waals surface area contributed by atoms with Crippen LogP contribution in [-0.2, 0) is 13.8 Å². The summed E-state index contributed by atoms with van der Waals surface area (Å²) in [5.74, 6) is 0. The van der Waals surface area contributed by atoms with Crippen molar-refractivity contribution in [1.29, 1.82) is 0 Å². The lowest BCUT2D eigenvalue weighted by Crippen LogP contribution is -2.34. The van der Waals surface area contributed by atoms with Gasteiger partial charge in [-0.25, -0.2) is 9.67 Å². The minimum atomic E-state index is -5.43. The molecule has 0 aliphatic carbocycles. The number of rotatable bonds is 3. The molecule has 120 valence electrons. The van der Waals surface area contributed by atoms with Crippen molar-refractivity contribution >= 4 is 18.9 Å². The molecule has 0 bridgehead atoms. The highest BCUT2D eigenvalue weighted by molar-refractivity contribution is 7.43. The summed E-state index contributed by atoms with van der Waals surface area (Å²) in [6.45, 7) is 0. The highest BCUT2D eigenvalue weighted by Crippen LogP contribution is 2.37. The lowest BCUT2D eigenvalue weighted by molar-refractivity contribution is -0.354. The fraction of sp³-hybridized carbons (Fsp3) is 0.444. The first-order valence-electron chi connectivity index (χ1n) is 5.91. The van der Waals surface area contributed by atoms with Crippen molar-refractivity contribution in [3.63, 3.8) is 0 Å². The van der Waals surface area contributed by atoms with Gasteiger partial charge in [0.2, 0.25) is 0 Å². The largest absolute Gasteiger partial charge is 0.790 e. The van der Waals surface area contributed by atoms with Crippen LogP contribution < -0.4 is 15.3 Å². The molecule has 0 aromatic carbocycles. The highest BCUT2D eigenvalue weighted by Gasteiger charge is 2.46. The lowest BCUT2D eigenvalue weighted by atomic mass is 10.2. The van der Waals surface area contributed by atoms with Crippen LogP contribution >= 0.6 is 7.82 Å². The second kappa shape index (κ2) is 5.21. The fourth-order valence-electron chi connectivity index (χ4n) is 2.11. The van der Waals surface area contributed by atoms with Gasteiger partial charge in [0.25, 0.3) is 5.56 Å². The molecule has 3 heterocycles. The molecule has 2 aromatic rings. The Labute approximate surface area is 121 Å². The fourth-order valence-corrected chi connectivity index (χ4v) is 2.53. The van der Waals surface area contributed by atoms with Gasteiger partial charge >= 0.3 is 0 Å². The number of hydrogen-bond acceptors (Lipinski definition) is 10. The van der Waals surface area contributed by atoms with Gasteiger partial charge in [-0.05, 0) is 0 Å². The molecule has 22 heavy (non-hydrogen) atoms. The van der Waals surface area contributed by atoms with Crippen LogP contribution in [0.25, 0.3) is 11.0 Å². The summed E-state index contributed by atoms with van der Waals surface area (Å²) in [4.78, 5) is 38.9. The summed E-state index contributed by atoms with van der Waals surface area (Å²) < 4.78 is 20.6. The van der Waals surface area contributed by atoms with Gasteiger partial charge in [-0.3, -0.25) is 4.79 Å². The molecule has 12 nitrogen and oxygen atoms in total. The average molecular weight is 332 g/mol. The molecule has 2 aromatic heterocycles. The van der Waals surface area contributed by atoms with Gasteiger partial charge in [-0.15, -0.1) is 0 Å². The molecule has 0 saturated carbocycles. The number of aliphatic hydroxyl groups excluding tert-OH is 2. The van der Waals surface area contributed by atoms with Crippen LogP contribution in [0.2, 0.25) is 0 Å². The summed E-state index contributed by atoms with van der Waals surface area (Å²) in [5.41, 5.74) is -0.450. The first-order chi connectivity index (χ1) is 10.3. The topological polar surface area (TPSA) is 186 Å². The summed E-state index contributed by atoms with van der Waals surface area (Å²) in [6, 6.07) is 0. The number of phosphoric acid groups is 1. The first kappa shape index (κ1) is 15.2. The van der Waals surface area contributed by atoms with E-state index in [1.807, 2.05) is 0 Å². The molecule has 0 radical (unpaired) electrons. The minimum Gasteiger partial charge on any atom is -0.790 e. The molecule has 1 aliphatic rings. The van der Waals surface area contributed by atoms with Crippen molar-refractivity contribution in [3.05, 3.63) is 22.9 Å². The van der Waals surface area contributed by atoms with Gasteiger partial charge in [-0.2, -0.15) is 5.10 Å². The third kappa shape index (κ3) is 2.57. The van der Waals surface area contributed by atoms with Gasteiger partial charge in [0.05, 0.1) is 20.3 Å². The smallest absolute Gasteiger partial charge is 0.261 e. The molecule has 3 rings (SSSR count). The molecule has 1 unspecified atom stereocenters. The maximum atomic E-state index is 11.6. The van der Waals surface area contributed by atoms with E-state index in [1.165, 1.54) is 0 Å². The van der Waals surface area contributed by atoms with Crippen molar-refractivity contribution in [3.8, 4) is 0 Å². The Morgan fingerprint density at radius 2 is 2.14 bits per heavy atom. The maximum Gasteiger partial charge on any atom is 0.261 e. The number of aromatic nitrogens is 4. The van der Waals surface area contributed by atoms with Crippen molar-refractivity contribution in [2.75, 3.05) is 0 Å². The van der Waals surface area contributed by atoms with E-state index in [9.17, 15) is 29.4 Å². The SMILES string of the molecule is O=c1[nH]cnc2c1cnn2C1O[C@H](OP(=O)([O-])[O-])[C@@H](O)[C@H]1O. The van der Waals surface area contributed by atoms with Gasteiger partial charge in [0.15, 0.2) is 18.2 Å². The number of fused-ring (bicyclic) bond motifs is 1. The van der Waals surface area contributed by atoms with Crippen LogP contribution in [0.5, 0.6) is 0 Å². The first-order valence-corrected chi connectivity index (χ1v) is 7.37. The zero-order valence-electron chi connectivity index (χ0n) is 10.6. The molecule has 4 atom stereocenters. The summed E-state index contributed by atoms with van der Waals surface area (Å²) in [7, 11) is -5.43. The van der Waals surface area contributed by atoms with Crippen LogP contribution in [0.15, 0.2) is 17.3 Å². The molecule has 0 spiro atoms. The number of ether oxygens (including phenoxy) is 1. The molecule has 0 amide bonds. The Hall–Kier alpha value is -1.66. The number of phosphoric ester groups is 1. The van der Waals surface area contributed by atoms with E-state index < -0.39 is 38.1 Å². The number of H-pyrrole nitrogens is 1. The highest BCUT2D eigenvalue weighted by atomic mass is 31.2. The maximum absolute atomic E-state index is 11.6. The van der Waals surface area contributed by atoms with E-state index in [1.54, 1.807) is 0 Å². The van der Waals surface area contributed by atoms with Crippen molar-refractivity contribution in [2.24, 2.45) is 0 Å². The zero-order chi connectivity index (χ0) is 16.1. The Morgan fingerprint density at radius 1 is 1.41 bits per heavy atom. The van der Waals surface area contributed by atoms with Crippen molar-refractivity contribution in [2.45, 2.75) is 24.7 Å². The molecule has 3 N–H and O–H groups in total. The quantitative estimate of drug-likeness (QED) is 0.477. The van der Waals surface area contributed by atoms with Crippen LogP contribution in [-0.4, -0.2) is 48.5 Å². The van der Waals surface area contributed by atoms with E-state index in [-0.39, 0.29) is 11.0 Å². The minimum absolute atomic E-state index is 0.0353. The van der Waals surface area contributed by atoms with E-state index >= 15 is 0 Å².